The van der Waals surface area contributed by atoms with Gasteiger partial charge in [-0.2, -0.15) is 0 Å². The zero-order chi connectivity index (χ0) is 8.81. The van der Waals surface area contributed by atoms with Crippen LogP contribution < -0.4 is 5.32 Å². The first kappa shape index (κ1) is 9.96. The van der Waals surface area contributed by atoms with Crippen molar-refractivity contribution in [2.45, 2.75) is 25.3 Å². The van der Waals surface area contributed by atoms with Gasteiger partial charge in [-0.05, 0) is 19.9 Å². The number of rotatable bonds is 4. The smallest absolute Gasteiger partial charge is 0.0989 e. The molecule has 0 aromatic carbocycles. The first-order valence-electron chi connectivity index (χ1n) is 4.76. The summed E-state index contributed by atoms with van der Waals surface area (Å²) in [6, 6.07) is 0.684. The second-order valence-corrected chi connectivity index (χ2v) is 3.44. The third kappa shape index (κ3) is 2.73. The van der Waals surface area contributed by atoms with Crippen LogP contribution in [0.15, 0.2) is 0 Å². The van der Waals surface area contributed by atoms with Crippen LogP contribution in [0.3, 0.4) is 0 Å². The number of nitrogens with one attached hydrogen (secondary N) is 1. The van der Waals surface area contributed by atoms with Crippen LogP contribution in [0.2, 0.25) is 0 Å². The molecule has 3 nitrogen and oxygen atoms in total. The van der Waals surface area contributed by atoms with Crippen LogP contribution in [0.4, 0.5) is 0 Å². The minimum atomic E-state index is 0.684. The lowest BCUT2D eigenvalue weighted by Crippen LogP contribution is -2.45. The molecule has 0 spiro atoms. The maximum absolute atomic E-state index is 5.16. The molecule has 1 atom stereocenters. The molecule has 0 aliphatic carbocycles. The van der Waals surface area contributed by atoms with Gasteiger partial charge in [0, 0.05) is 26.2 Å². The fraction of sp³-hybridized carbons (Fsp3) is 1.00. The molecule has 1 heterocycles. The number of methoxy groups -OCH3 is 1. The van der Waals surface area contributed by atoms with Gasteiger partial charge in [0.15, 0.2) is 0 Å². The molecule has 0 aromatic heterocycles. The van der Waals surface area contributed by atoms with Crippen LogP contribution in [0.5, 0.6) is 0 Å². The standard InChI is InChI=1S/C9H20N2O/c1-10-7-9-5-3-4-6-11(9)8-12-2/h9-10H,3-8H2,1-2H3. The van der Waals surface area contributed by atoms with Gasteiger partial charge in [0.2, 0.25) is 0 Å². The zero-order valence-electron chi connectivity index (χ0n) is 8.18. The Hall–Kier alpha value is -0.120. The van der Waals surface area contributed by atoms with Crippen molar-refractivity contribution in [3.05, 3.63) is 0 Å². The van der Waals surface area contributed by atoms with Crippen LogP contribution in [0, 0.1) is 0 Å². The minimum absolute atomic E-state index is 0.684. The molecule has 0 saturated carbocycles. The molecule has 0 radical (unpaired) electrons. The molecule has 1 rings (SSSR count). The quantitative estimate of drug-likeness (QED) is 0.674. The molecular weight excluding hydrogens is 152 g/mol. The normalized spacial score (nSPS) is 26.0. The Kier molecular flexibility index (Phi) is 4.58. The third-order valence-corrected chi connectivity index (χ3v) is 2.48. The molecule has 3 heteroatoms. The molecule has 1 N–H and O–H groups in total. The number of likely N-dealkylation sites (tertiary alicyclic amines) is 1. The average Bonchev–Trinajstić information content (AvgIpc) is 2.09. The lowest BCUT2D eigenvalue weighted by molar-refractivity contribution is 0.0160. The van der Waals surface area contributed by atoms with Crippen molar-refractivity contribution in [1.82, 2.24) is 10.2 Å². The second-order valence-electron chi connectivity index (χ2n) is 3.44. The Morgan fingerprint density at radius 2 is 2.33 bits per heavy atom. The Morgan fingerprint density at radius 1 is 1.50 bits per heavy atom. The molecule has 0 aromatic rings. The maximum Gasteiger partial charge on any atom is 0.0989 e. The van der Waals surface area contributed by atoms with E-state index in [0.29, 0.717) is 6.04 Å². The van der Waals surface area contributed by atoms with E-state index in [4.69, 9.17) is 4.74 Å². The number of hydrogen-bond donors (Lipinski definition) is 1. The predicted molar refractivity (Wildman–Crippen MR) is 50.1 cm³/mol. The van der Waals surface area contributed by atoms with Crippen molar-refractivity contribution < 1.29 is 4.74 Å². The summed E-state index contributed by atoms with van der Waals surface area (Å²) in [7, 11) is 3.78. The van der Waals surface area contributed by atoms with E-state index >= 15 is 0 Å². The molecule has 12 heavy (non-hydrogen) atoms. The van der Waals surface area contributed by atoms with Gasteiger partial charge in [-0.3, -0.25) is 4.90 Å². The number of piperidine rings is 1. The van der Waals surface area contributed by atoms with E-state index in [0.717, 1.165) is 13.3 Å². The molecule has 1 fully saturated rings. The molecular formula is C9H20N2O. The van der Waals surface area contributed by atoms with Gasteiger partial charge in [0.05, 0.1) is 6.73 Å². The highest BCUT2D eigenvalue weighted by atomic mass is 16.5. The summed E-state index contributed by atoms with van der Waals surface area (Å²) in [6.45, 7) is 3.07. The van der Waals surface area contributed by atoms with Crippen LogP contribution in [0.1, 0.15) is 19.3 Å². The Bertz CT molecular complexity index is 101. The Balaban J connectivity index is 2.31. The highest BCUT2D eigenvalue weighted by Gasteiger charge is 2.20. The van der Waals surface area contributed by atoms with Gasteiger partial charge in [-0.15, -0.1) is 0 Å². The maximum atomic E-state index is 5.16. The fourth-order valence-corrected chi connectivity index (χ4v) is 1.86. The Labute approximate surface area is 75.1 Å². The fourth-order valence-electron chi connectivity index (χ4n) is 1.86. The molecule has 1 unspecified atom stereocenters. The summed E-state index contributed by atoms with van der Waals surface area (Å²) in [5.41, 5.74) is 0. The average molecular weight is 172 g/mol. The third-order valence-electron chi connectivity index (χ3n) is 2.48. The summed E-state index contributed by atoms with van der Waals surface area (Å²) >= 11 is 0. The van der Waals surface area contributed by atoms with Crippen molar-refractivity contribution in [2.24, 2.45) is 0 Å². The SMILES string of the molecule is CNCC1CCCCN1COC. The lowest BCUT2D eigenvalue weighted by atomic mass is 10.0. The summed E-state index contributed by atoms with van der Waals surface area (Å²) < 4.78 is 5.16. The van der Waals surface area contributed by atoms with Crippen LogP contribution in [0.25, 0.3) is 0 Å². The molecule has 72 valence electrons. The summed E-state index contributed by atoms with van der Waals surface area (Å²) in [5, 5.41) is 3.23. The topological polar surface area (TPSA) is 24.5 Å². The summed E-state index contributed by atoms with van der Waals surface area (Å²) in [4.78, 5) is 2.42. The van der Waals surface area contributed by atoms with E-state index in [2.05, 4.69) is 10.2 Å². The van der Waals surface area contributed by atoms with Crippen molar-refractivity contribution in [1.29, 1.82) is 0 Å². The van der Waals surface area contributed by atoms with Gasteiger partial charge in [-0.25, -0.2) is 0 Å². The highest BCUT2D eigenvalue weighted by Crippen LogP contribution is 2.15. The minimum Gasteiger partial charge on any atom is -0.369 e. The van der Waals surface area contributed by atoms with Gasteiger partial charge in [0.1, 0.15) is 0 Å². The van der Waals surface area contributed by atoms with Crippen molar-refractivity contribution in [2.75, 3.05) is 34.0 Å². The Morgan fingerprint density at radius 3 is 3.00 bits per heavy atom. The van der Waals surface area contributed by atoms with E-state index in [-0.39, 0.29) is 0 Å². The largest absolute Gasteiger partial charge is 0.369 e. The van der Waals surface area contributed by atoms with Crippen LogP contribution in [-0.4, -0.2) is 44.9 Å². The molecule has 1 aliphatic heterocycles. The van der Waals surface area contributed by atoms with Crippen LogP contribution >= 0.6 is 0 Å². The second kappa shape index (κ2) is 5.51. The molecule has 0 amide bonds. The van der Waals surface area contributed by atoms with Crippen molar-refractivity contribution >= 4 is 0 Å². The van der Waals surface area contributed by atoms with Gasteiger partial charge >= 0.3 is 0 Å². The summed E-state index contributed by atoms with van der Waals surface area (Å²) in [5.74, 6) is 0. The van der Waals surface area contributed by atoms with Crippen molar-refractivity contribution in [3.63, 3.8) is 0 Å². The summed E-state index contributed by atoms with van der Waals surface area (Å²) in [6.07, 6.45) is 4.00. The van der Waals surface area contributed by atoms with Crippen molar-refractivity contribution in [3.8, 4) is 0 Å². The van der Waals surface area contributed by atoms with E-state index in [1.54, 1.807) is 7.11 Å². The monoisotopic (exact) mass is 172 g/mol. The van der Waals surface area contributed by atoms with Gasteiger partial charge < -0.3 is 10.1 Å². The van der Waals surface area contributed by atoms with Gasteiger partial charge in [-0.1, -0.05) is 6.42 Å². The number of nitrogens with zero attached hydrogens (tertiary/aromatic N) is 1. The van der Waals surface area contributed by atoms with E-state index in [1.807, 2.05) is 7.05 Å². The number of hydrogen-bond acceptors (Lipinski definition) is 3. The molecule has 0 bridgehead atoms. The van der Waals surface area contributed by atoms with Crippen LogP contribution in [-0.2, 0) is 4.74 Å². The molecule has 1 saturated heterocycles. The first-order valence-corrected chi connectivity index (χ1v) is 4.76. The van der Waals surface area contributed by atoms with E-state index in [1.165, 1.54) is 25.8 Å². The van der Waals surface area contributed by atoms with E-state index < -0.39 is 0 Å². The number of likely N-dealkylation sites (N-methyl/N-ethyl adjacent to an activating group) is 1. The van der Waals surface area contributed by atoms with E-state index in [9.17, 15) is 0 Å². The first-order chi connectivity index (χ1) is 5.88. The lowest BCUT2D eigenvalue weighted by Gasteiger charge is -2.34. The zero-order valence-corrected chi connectivity index (χ0v) is 8.18. The predicted octanol–water partition coefficient (Wildman–Crippen LogP) is 0.664. The molecule has 1 aliphatic rings. The number of ether oxygens (including phenoxy) is 1. The highest BCUT2D eigenvalue weighted by molar-refractivity contribution is 4.76. The van der Waals surface area contributed by atoms with Gasteiger partial charge in [0.25, 0.3) is 0 Å².